The van der Waals surface area contributed by atoms with Crippen LogP contribution in [-0.4, -0.2) is 18.3 Å². The third kappa shape index (κ3) is 2.93. The summed E-state index contributed by atoms with van der Waals surface area (Å²) >= 11 is 3.41. The van der Waals surface area contributed by atoms with E-state index >= 15 is 0 Å². The van der Waals surface area contributed by atoms with Crippen LogP contribution in [0, 0.1) is 0 Å². The molecule has 1 rings (SSSR count). The highest BCUT2D eigenvalue weighted by atomic mass is 79.9. The molecule has 0 unspecified atom stereocenters. The molecule has 0 atom stereocenters. The second-order valence-corrected chi connectivity index (χ2v) is 3.22. The SMILES string of the molecule is OCCOCc1ccccc1Br. The molecular weight excluding hydrogens is 220 g/mol. The summed E-state index contributed by atoms with van der Waals surface area (Å²) in [6, 6.07) is 7.88. The molecule has 0 aromatic heterocycles. The number of rotatable bonds is 4. The van der Waals surface area contributed by atoms with Crippen molar-refractivity contribution in [1.82, 2.24) is 0 Å². The zero-order valence-electron chi connectivity index (χ0n) is 6.66. The van der Waals surface area contributed by atoms with Crippen LogP contribution < -0.4 is 0 Å². The van der Waals surface area contributed by atoms with Crippen LogP contribution >= 0.6 is 15.9 Å². The molecule has 66 valence electrons. The third-order valence-corrected chi connectivity index (χ3v) is 2.22. The fourth-order valence-corrected chi connectivity index (χ4v) is 1.26. The van der Waals surface area contributed by atoms with Crippen LogP contribution in [0.15, 0.2) is 28.7 Å². The summed E-state index contributed by atoms with van der Waals surface area (Å²) in [4.78, 5) is 0. The fourth-order valence-electron chi connectivity index (χ4n) is 0.862. The van der Waals surface area contributed by atoms with Crippen molar-refractivity contribution >= 4 is 15.9 Å². The summed E-state index contributed by atoms with van der Waals surface area (Å²) in [7, 11) is 0. The highest BCUT2D eigenvalue weighted by Crippen LogP contribution is 2.16. The molecule has 0 aliphatic rings. The molecule has 1 aromatic rings. The molecule has 1 N–H and O–H groups in total. The molecule has 0 saturated carbocycles. The van der Waals surface area contributed by atoms with Crippen LogP contribution in [0.2, 0.25) is 0 Å². The number of aliphatic hydroxyl groups excluding tert-OH is 1. The highest BCUT2D eigenvalue weighted by Gasteiger charge is 1.96. The van der Waals surface area contributed by atoms with Gasteiger partial charge in [0.05, 0.1) is 19.8 Å². The first-order valence-electron chi connectivity index (χ1n) is 3.76. The van der Waals surface area contributed by atoms with Crippen molar-refractivity contribution in [1.29, 1.82) is 0 Å². The maximum atomic E-state index is 8.48. The van der Waals surface area contributed by atoms with Gasteiger partial charge in [-0.1, -0.05) is 34.1 Å². The van der Waals surface area contributed by atoms with E-state index in [2.05, 4.69) is 15.9 Å². The molecule has 0 radical (unpaired) electrons. The van der Waals surface area contributed by atoms with E-state index in [1.165, 1.54) is 0 Å². The quantitative estimate of drug-likeness (QED) is 0.802. The lowest BCUT2D eigenvalue weighted by Crippen LogP contribution is -1.99. The van der Waals surface area contributed by atoms with Crippen LogP contribution in [0.25, 0.3) is 0 Å². The topological polar surface area (TPSA) is 29.5 Å². The van der Waals surface area contributed by atoms with E-state index in [1.807, 2.05) is 24.3 Å². The van der Waals surface area contributed by atoms with E-state index in [0.29, 0.717) is 13.2 Å². The Morgan fingerprint density at radius 2 is 2.08 bits per heavy atom. The van der Waals surface area contributed by atoms with Gasteiger partial charge in [-0.05, 0) is 11.6 Å². The van der Waals surface area contributed by atoms with Crippen molar-refractivity contribution in [3.63, 3.8) is 0 Å². The molecule has 0 saturated heterocycles. The van der Waals surface area contributed by atoms with Gasteiger partial charge in [-0.15, -0.1) is 0 Å². The first-order chi connectivity index (χ1) is 5.84. The predicted octanol–water partition coefficient (Wildman–Crippen LogP) is 1.96. The van der Waals surface area contributed by atoms with E-state index in [-0.39, 0.29) is 6.61 Å². The van der Waals surface area contributed by atoms with Crippen molar-refractivity contribution in [2.75, 3.05) is 13.2 Å². The van der Waals surface area contributed by atoms with Gasteiger partial charge in [-0.25, -0.2) is 0 Å². The monoisotopic (exact) mass is 230 g/mol. The zero-order valence-corrected chi connectivity index (χ0v) is 8.25. The van der Waals surface area contributed by atoms with Crippen LogP contribution in [0.4, 0.5) is 0 Å². The molecule has 0 spiro atoms. The van der Waals surface area contributed by atoms with Crippen LogP contribution in [0.3, 0.4) is 0 Å². The molecule has 3 heteroatoms. The van der Waals surface area contributed by atoms with E-state index in [0.717, 1.165) is 10.0 Å². The zero-order chi connectivity index (χ0) is 8.81. The summed E-state index contributed by atoms with van der Waals surface area (Å²) in [5.41, 5.74) is 1.10. The van der Waals surface area contributed by atoms with Gasteiger partial charge in [0.2, 0.25) is 0 Å². The van der Waals surface area contributed by atoms with Crippen LogP contribution in [0.5, 0.6) is 0 Å². The van der Waals surface area contributed by atoms with Gasteiger partial charge in [0.25, 0.3) is 0 Å². The minimum Gasteiger partial charge on any atom is -0.394 e. The lowest BCUT2D eigenvalue weighted by atomic mass is 10.2. The molecule has 0 aliphatic carbocycles. The normalized spacial score (nSPS) is 10.2. The largest absolute Gasteiger partial charge is 0.394 e. The second kappa shape index (κ2) is 5.30. The van der Waals surface area contributed by atoms with Crippen molar-refractivity contribution in [3.8, 4) is 0 Å². The Morgan fingerprint density at radius 3 is 2.75 bits per heavy atom. The molecule has 0 amide bonds. The summed E-state index contributed by atoms with van der Waals surface area (Å²) in [5, 5.41) is 8.48. The first kappa shape index (κ1) is 9.71. The first-order valence-corrected chi connectivity index (χ1v) is 4.56. The third-order valence-electron chi connectivity index (χ3n) is 1.45. The molecule has 0 heterocycles. The van der Waals surface area contributed by atoms with Crippen molar-refractivity contribution in [2.24, 2.45) is 0 Å². The van der Waals surface area contributed by atoms with Crippen molar-refractivity contribution in [3.05, 3.63) is 34.3 Å². The van der Waals surface area contributed by atoms with Gasteiger partial charge >= 0.3 is 0 Å². The maximum Gasteiger partial charge on any atom is 0.0728 e. The van der Waals surface area contributed by atoms with Gasteiger partial charge in [0.1, 0.15) is 0 Å². The molecule has 1 aromatic carbocycles. The van der Waals surface area contributed by atoms with E-state index in [1.54, 1.807) is 0 Å². The Hall–Kier alpha value is -0.380. The molecular formula is C9H11BrO2. The highest BCUT2D eigenvalue weighted by molar-refractivity contribution is 9.10. The molecule has 0 bridgehead atoms. The molecule has 2 nitrogen and oxygen atoms in total. The fraction of sp³-hybridized carbons (Fsp3) is 0.333. The second-order valence-electron chi connectivity index (χ2n) is 2.37. The Labute approximate surface area is 80.3 Å². The predicted molar refractivity (Wildman–Crippen MR) is 50.9 cm³/mol. The molecule has 0 aliphatic heterocycles. The summed E-state index contributed by atoms with van der Waals surface area (Å²) in [6.07, 6.45) is 0. The standard InChI is InChI=1S/C9H11BrO2/c10-9-4-2-1-3-8(9)7-12-6-5-11/h1-4,11H,5-7H2. The molecule has 0 fully saturated rings. The van der Waals surface area contributed by atoms with Gasteiger partial charge in [-0.3, -0.25) is 0 Å². The van der Waals surface area contributed by atoms with Gasteiger partial charge < -0.3 is 9.84 Å². The van der Waals surface area contributed by atoms with E-state index in [9.17, 15) is 0 Å². The summed E-state index contributed by atoms with van der Waals surface area (Å²) in [5.74, 6) is 0. The number of benzene rings is 1. The summed E-state index contributed by atoms with van der Waals surface area (Å²) < 4.78 is 6.21. The average molecular weight is 231 g/mol. The Morgan fingerprint density at radius 1 is 1.33 bits per heavy atom. The Bertz CT molecular complexity index is 238. The average Bonchev–Trinajstić information content (AvgIpc) is 2.09. The Balaban J connectivity index is 2.46. The van der Waals surface area contributed by atoms with E-state index in [4.69, 9.17) is 9.84 Å². The van der Waals surface area contributed by atoms with Gasteiger partial charge in [-0.2, -0.15) is 0 Å². The Kier molecular flexibility index (Phi) is 4.29. The summed E-state index contributed by atoms with van der Waals surface area (Å²) in [6.45, 7) is 1.01. The smallest absolute Gasteiger partial charge is 0.0728 e. The van der Waals surface area contributed by atoms with Crippen molar-refractivity contribution in [2.45, 2.75) is 6.61 Å². The lowest BCUT2D eigenvalue weighted by molar-refractivity contribution is 0.0812. The van der Waals surface area contributed by atoms with Gasteiger partial charge in [0, 0.05) is 4.47 Å². The van der Waals surface area contributed by atoms with Crippen molar-refractivity contribution < 1.29 is 9.84 Å². The molecule has 12 heavy (non-hydrogen) atoms. The minimum absolute atomic E-state index is 0.0739. The van der Waals surface area contributed by atoms with Crippen LogP contribution in [-0.2, 0) is 11.3 Å². The number of hydrogen-bond donors (Lipinski definition) is 1. The minimum atomic E-state index is 0.0739. The maximum absolute atomic E-state index is 8.48. The van der Waals surface area contributed by atoms with Crippen LogP contribution in [0.1, 0.15) is 5.56 Å². The van der Waals surface area contributed by atoms with Gasteiger partial charge in [0.15, 0.2) is 0 Å². The number of ether oxygens (including phenoxy) is 1. The van der Waals surface area contributed by atoms with E-state index < -0.39 is 0 Å². The lowest BCUT2D eigenvalue weighted by Gasteiger charge is -2.03. The number of halogens is 1. The number of hydrogen-bond acceptors (Lipinski definition) is 2. The number of aliphatic hydroxyl groups is 1.